The van der Waals surface area contributed by atoms with E-state index in [2.05, 4.69) is 36.3 Å². The molecule has 0 aliphatic rings. The molecular weight excluding hydrogens is 451 g/mol. The van der Waals surface area contributed by atoms with Crippen molar-refractivity contribution < 1.29 is 13.3 Å². The lowest BCUT2D eigenvalue weighted by Gasteiger charge is -2.18. The normalized spacial score (nSPS) is 11.6. The summed E-state index contributed by atoms with van der Waals surface area (Å²) < 4.78 is 42.6. The van der Waals surface area contributed by atoms with E-state index in [1.54, 1.807) is 0 Å². The van der Waals surface area contributed by atoms with E-state index in [-0.39, 0.29) is 27.8 Å². The number of halogens is 4. The van der Waals surface area contributed by atoms with Crippen LogP contribution in [-0.2, 0) is 4.57 Å². The van der Waals surface area contributed by atoms with Gasteiger partial charge in [0, 0.05) is 6.20 Å². The Hall–Kier alpha value is -1.83. The molecule has 0 spiro atoms. The van der Waals surface area contributed by atoms with Gasteiger partial charge in [0.15, 0.2) is 11.6 Å². The molecule has 0 amide bonds. The Morgan fingerprint density at radius 3 is 2.62 bits per heavy atom. The zero-order valence-electron chi connectivity index (χ0n) is 13.5. The maximum Gasteiger partial charge on any atom is 0.224 e. The van der Waals surface area contributed by atoms with Gasteiger partial charge in [-0.15, -0.1) is 0 Å². The summed E-state index contributed by atoms with van der Waals surface area (Å²) in [6.07, 6.45) is 3.43. The average Bonchev–Trinajstić information content (AvgIpc) is 2.96. The van der Waals surface area contributed by atoms with Crippen molar-refractivity contribution in [3.63, 3.8) is 0 Å². The molecule has 1 aromatic carbocycles. The Morgan fingerprint density at radius 2 is 2.00 bits per heavy atom. The maximum absolute atomic E-state index is 15.1. The van der Waals surface area contributed by atoms with Gasteiger partial charge in [-0.1, -0.05) is 0 Å². The van der Waals surface area contributed by atoms with Gasteiger partial charge in [0.1, 0.15) is 18.6 Å². The van der Waals surface area contributed by atoms with Crippen molar-refractivity contribution >= 4 is 51.5 Å². The minimum Gasteiger partial charge on any atom is -0.338 e. The molecule has 0 saturated carbocycles. The predicted molar refractivity (Wildman–Crippen MR) is 101 cm³/mol. The number of benzene rings is 1. The van der Waals surface area contributed by atoms with Crippen LogP contribution in [0.1, 0.15) is 0 Å². The first-order valence-electron chi connectivity index (χ1n) is 7.20. The Balaban J connectivity index is 2.15. The first kappa shape index (κ1) is 18.9. The Bertz CT molecular complexity index is 1040. The van der Waals surface area contributed by atoms with Crippen molar-refractivity contribution in [2.24, 2.45) is 0 Å². The maximum atomic E-state index is 15.1. The zero-order chi connectivity index (χ0) is 19.1. The first-order valence-corrected chi connectivity index (χ1v) is 11.0. The van der Waals surface area contributed by atoms with Crippen LogP contribution in [0, 0.1) is 11.6 Å². The zero-order valence-corrected chi connectivity index (χ0v) is 16.8. The topological polar surface area (TPSA) is 72.7 Å². The lowest BCUT2D eigenvalue weighted by molar-refractivity contribution is 0.583. The van der Waals surface area contributed by atoms with Crippen molar-refractivity contribution in [3.8, 4) is 5.69 Å². The van der Waals surface area contributed by atoms with Gasteiger partial charge in [0.25, 0.3) is 0 Å². The van der Waals surface area contributed by atoms with Crippen molar-refractivity contribution in [2.45, 2.75) is 0 Å². The molecule has 26 heavy (non-hydrogen) atoms. The monoisotopic (exact) mass is 461 g/mol. The molecule has 3 aromatic rings. The third-order valence-electron chi connectivity index (χ3n) is 3.40. The summed E-state index contributed by atoms with van der Waals surface area (Å²) in [4.78, 5) is 7.84. The number of nitrogens with one attached hydrogen (secondary N) is 1. The quantitative estimate of drug-likeness (QED) is 0.461. The fourth-order valence-electron chi connectivity index (χ4n) is 2.35. The van der Waals surface area contributed by atoms with Crippen molar-refractivity contribution in [2.75, 3.05) is 18.6 Å². The average molecular weight is 463 g/mol. The molecule has 0 fully saturated rings. The summed E-state index contributed by atoms with van der Waals surface area (Å²) in [6.45, 7) is 2.87. The fraction of sp³-hybridized carbons (Fsp3) is 0.133. The van der Waals surface area contributed by atoms with Crippen molar-refractivity contribution in [1.29, 1.82) is 0 Å². The van der Waals surface area contributed by atoms with Crippen LogP contribution in [0.4, 0.5) is 20.3 Å². The molecule has 0 radical (unpaired) electrons. The van der Waals surface area contributed by atoms with Crippen LogP contribution >= 0.6 is 34.7 Å². The molecule has 2 aromatic heterocycles. The number of anilines is 2. The van der Waals surface area contributed by atoms with Gasteiger partial charge in [-0.2, -0.15) is 10.1 Å². The summed E-state index contributed by atoms with van der Waals surface area (Å²) in [7, 11) is -3.06. The SMILES string of the molecule is CP(C)(=O)c1c(Nc2nc(Cl)ncc2Br)ccc(-n2cc(F)cn2)c1F. The molecule has 2 heterocycles. The van der Waals surface area contributed by atoms with Crippen LogP contribution in [-0.4, -0.2) is 33.1 Å². The second kappa shape index (κ2) is 7.06. The summed E-state index contributed by atoms with van der Waals surface area (Å²) >= 11 is 9.06. The van der Waals surface area contributed by atoms with Gasteiger partial charge >= 0.3 is 0 Å². The first-order chi connectivity index (χ1) is 12.2. The van der Waals surface area contributed by atoms with E-state index in [1.165, 1.54) is 31.7 Å². The van der Waals surface area contributed by atoms with Crippen LogP contribution in [0.25, 0.3) is 5.69 Å². The van der Waals surface area contributed by atoms with Crippen molar-refractivity contribution in [1.82, 2.24) is 19.7 Å². The minimum absolute atomic E-state index is 0.00228. The summed E-state index contributed by atoms with van der Waals surface area (Å²) in [6, 6.07) is 2.93. The number of hydrogen-bond acceptors (Lipinski definition) is 5. The molecule has 6 nitrogen and oxygen atoms in total. The lowest BCUT2D eigenvalue weighted by atomic mass is 10.2. The third kappa shape index (κ3) is 3.79. The molecule has 11 heteroatoms. The molecule has 0 aliphatic carbocycles. The molecule has 0 atom stereocenters. The number of aromatic nitrogens is 4. The smallest absolute Gasteiger partial charge is 0.224 e. The fourth-order valence-corrected chi connectivity index (χ4v) is 4.07. The highest BCUT2D eigenvalue weighted by molar-refractivity contribution is 9.10. The highest BCUT2D eigenvalue weighted by Gasteiger charge is 2.25. The highest BCUT2D eigenvalue weighted by atomic mass is 79.9. The number of rotatable bonds is 4. The molecule has 3 rings (SSSR count). The van der Waals surface area contributed by atoms with E-state index in [0.717, 1.165) is 17.1 Å². The Labute approximate surface area is 161 Å². The molecule has 1 N–H and O–H groups in total. The van der Waals surface area contributed by atoms with Crippen LogP contribution in [0.5, 0.6) is 0 Å². The van der Waals surface area contributed by atoms with Gasteiger partial charge < -0.3 is 9.88 Å². The third-order valence-corrected chi connectivity index (χ3v) is 5.68. The van der Waals surface area contributed by atoms with E-state index >= 15 is 4.39 Å². The second-order valence-electron chi connectivity index (χ2n) is 5.71. The van der Waals surface area contributed by atoms with Gasteiger partial charge in [-0.05, 0) is 53.0 Å². The van der Waals surface area contributed by atoms with Crippen LogP contribution in [0.15, 0.2) is 35.2 Å². The van der Waals surface area contributed by atoms with E-state index in [0.29, 0.717) is 4.47 Å². The summed E-state index contributed by atoms with van der Waals surface area (Å²) in [5, 5.41) is 6.63. The lowest BCUT2D eigenvalue weighted by Crippen LogP contribution is -2.18. The number of nitrogens with zero attached hydrogens (tertiary/aromatic N) is 4. The van der Waals surface area contributed by atoms with E-state index < -0.39 is 18.8 Å². The van der Waals surface area contributed by atoms with Gasteiger partial charge in [0.05, 0.1) is 27.9 Å². The predicted octanol–water partition coefficient (Wildman–Crippen LogP) is 4.35. The molecule has 0 aliphatic heterocycles. The molecule has 0 saturated heterocycles. The molecule has 0 unspecified atom stereocenters. The van der Waals surface area contributed by atoms with E-state index in [1.807, 2.05) is 0 Å². The standard InChI is InChI=1S/C15H12BrClF2N5OP/c1-26(2,25)13-10(22-14-9(16)6-20-15(17)23-14)3-4-11(12(13)19)24-7-8(18)5-21-24/h3-7H,1-2H3,(H,20,22,23). The van der Waals surface area contributed by atoms with Crippen LogP contribution in [0.2, 0.25) is 5.28 Å². The van der Waals surface area contributed by atoms with Crippen molar-refractivity contribution in [3.05, 3.63) is 52.1 Å². The Kier molecular flexibility index (Phi) is 5.14. The minimum atomic E-state index is -3.06. The molecule has 0 bridgehead atoms. The van der Waals surface area contributed by atoms with Crippen LogP contribution in [0.3, 0.4) is 0 Å². The summed E-state index contributed by atoms with van der Waals surface area (Å²) in [5.41, 5.74) is 0.237. The van der Waals surface area contributed by atoms with Gasteiger partial charge in [-0.3, -0.25) is 0 Å². The van der Waals surface area contributed by atoms with E-state index in [4.69, 9.17) is 11.6 Å². The largest absolute Gasteiger partial charge is 0.338 e. The van der Waals surface area contributed by atoms with Gasteiger partial charge in [0.2, 0.25) is 5.28 Å². The summed E-state index contributed by atoms with van der Waals surface area (Å²) in [5.74, 6) is -1.08. The van der Waals surface area contributed by atoms with E-state index in [9.17, 15) is 8.96 Å². The second-order valence-corrected chi connectivity index (χ2v) is 10.1. The Morgan fingerprint density at radius 1 is 1.27 bits per heavy atom. The highest BCUT2D eigenvalue weighted by Crippen LogP contribution is 2.41. The van der Waals surface area contributed by atoms with Crippen LogP contribution < -0.4 is 10.6 Å². The van der Waals surface area contributed by atoms with Gasteiger partial charge in [-0.25, -0.2) is 18.4 Å². The molecule has 136 valence electrons. The molecular formula is C15H12BrClF2N5OP. The number of hydrogen-bond donors (Lipinski definition) is 1.